The molecule has 110 heavy (non-hydrogen) atoms. The molecular formula is C97H65FN12. The van der Waals surface area contributed by atoms with Crippen molar-refractivity contribution in [2.45, 2.75) is 6.92 Å². The van der Waals surface area contributed by atoms with Crippen molar-refractivity contribution < 1.29 is 4.39 Å². The quantitative estimate of drug-likeness (QED) is 0.0904. The predicted molar refractivity (Wildman–Crippen MR) is 438 cm³/mol. The molecule has 0 aliphatic carbocycles. The Morgan fingerprint density at radius 3 is 0.618 bits per heavy atom. The van der Waals surface area contributed by atoms with Crippen molar-refractivity contribution in [2.24, 2.45) is 0 Å². The molecule has 0 N–H and O–H groups in total. The summed E-state index contributed by atoms with van der Waals surface area (Å²) in [5.74, 6) is 3.43. The third kappa shape index (κ3) is 15.6. The van der Waals surface area contributed by atoms with Gasteiger partial charge in [-0.3, -0.25) is 19.9 Å². The first-order valence-electron chi connectivity index (χ1n) is 36.1. The van der Waals surface area contributed by atoms with Gasteiger partial charge >= 0.3 is 0 Å². The normalized spacial score (nSPS) is 11.0. The molecule has 0 saturated carbocycles. The lowest BCUT2D eigenvalue weighted by Gasteiger charge is -2.10. The summed E-state index contributed by atoms with van der Waals surface area (Å²) in [6.07, 6.45) is 6.87. The number of hydrogen-bond acceptors (Lipinski definition) is 12. The molecule has 13 heteroatoms. The minimum atomic E-state index is -0.391. The highest BCUT2D eigenvalue weighted by atomic mass is 19.1. The van der Waals surface area contributed by atoms with Crippen molar-refractivity contribution in [3.8, 4) is 181 Å². The van der Waals surface area contributed by atoms with Crippen LogP contribution >= 0.6 is 0 Å². The summed E-state index contributed by atoms with van der Waals surface area (Å²) in [5.41, 5.74) is 25.4. The second-order valence-electron chi connectivity index (χ2n) is 26.3. The Hall–Kier alpha value is -15.0. The van der Waals surface area contributed by atoms with Crippen LogP contribution in [0.2, 0.25) is 0 Å². The van der Waals surface area contributed by atoms with Crippen LogP contribution in [-0.4, -0.2) is 59.8 Å². The topological polar surface area (TPSA) is 155 Å². The first-order valence-corrected chi connectivity index (χ1v) is 36.1. The van der Waals surface area contributed by atoms with Gasteiger partial charge in [-0.2, -0.15) is 0 Å². The smallest absolute Gasteiger partial charge is 0.164 e. The largest absolute Gasteiger partial charge is 0.254 e. The van der Waals surface area contributed by atoms with Gasteiger partial charge in [0.05, 0.1) is 51.7 Å². The maximum absolute atomic E-state index is 13.7. The van der Waals surface area contributed by atoms with E-state index in [1.807, 2.05) is 226 Å². The van der Waals surface area contributed by atoms with E-state index in [4.69, 9.17) is 49.8 Å². The number of rotatable bonds is 16. The fraction of sp³-hybridized carbons (Fsp3) is 0.0103. The van der Waals surface area contributed by atoms with E-state index in [2.05, 4.69) is 149 Å². The zero-order valence-electron chi connectivity index (χ0n) is 59.5. The summed E-state index contributed by atoms with van der Waals surface area (Å²) >= 11 is 0. The Balaban J connectivity index is 0.000000160. The van der Waals surface area contributed by atoms with Gasteiger partial charge < -0.3 is 0 Å². The van der Waals surface area contributed by atoms with Crippen molar-refractivity contribution in [2.75, 3.05) is 0 Å². The number of aromatic nitrogens is 12. The predicted octanol–water partition coefficient (Wildman–Crippen LogP) is 23.2. The number of nitrogens with zero attached hydrogens (tertiary/aromatic N) is 12. The Kier molecular flexibility index (Phi) is 19.5. The molecule has 0 saturated heterocycles. The molecule has 0 aliphatic rings. The standard InChI is InChI=1S/C49H34N6.C48H31FN6/c1-33-17-27-43(50-31-33)45-29-42(34-11-5-2-6-12-34)30-46(52-45)44-28-26-41(32-51-44)37-20-18-35(19-21-37)36-22-24-40(25-23-36)49-54-47(38-13-7-3-8-14-38)53-48(55-49)39-15-9-4-10-16-39;49-41-25-27-43(51-31-41)45-29-40(32-10-4-1-5-11-32)28-44(52-45)42-26-24-39(30-50-42)35-18-16-33(17-19-35)34-20-22-38(23-21-34)48-54-46(36-12-6-2-7-13-36)53-47(55-48)37-14-8-3-9-15-37/h2-32H,1H3;1-31H. The summed E-state index contributed by atoms with van der Waals surface area (Å²) in [6.45, 7) is 2.04. The Labute approximate surface area is 636 Å². The third-order valence-electron chi connectivity index (χ3n) is 18.9. The van der Waals surface area contributed by atoms with E-state index in [1.165, 1.54) is 12.3 Å². The van der Waals surface area contributed by atoms with Crippen molar-refractivity contribution >= 4 is 0 Å². The molecule has 0 aliphatic heterocycles. The minimum Gasteiger partial charge on any atom is -0.254 e. The van der Waals surface area contributed by atoms with Crippen LogP contribution in [0.4, 0.5) is 4.39 Å². The lowest BCUT2D eigenvalue weighted by molar-refractivity contribution is 0.622. The zero-order valence-corrected chi connectivity index (χ0v) is 59.5. The minimum absolute atomic E-state index is 0.391. The first-order chi connectivity index (χ1) is 54.2. The molecule has 520 valence electrons. The lowest BCUT2D eigenvalue weighted by Crippen LogP contribution is -2.00. The molecule has 0 amide bonds. The summed E-state index contributed by atoms with van der Waals surface area (Å²) < 4.78 is 13.7. The van der Waals surface area contributed by atoms with E-state index >= 15 is 0 Å². The molecule has 0 bridgehead atoms. The van der Waals surface area contributed by atoms with Gasteiger partial charge in [0.1, 0.15) is 5.82 Å². The average Bonchev–Trinajstić information content (AvgIpc) is 0.810. The molecule has 0 fully saturated rings. The Bertz CT molecular complexity index is 5670. The highest BCUT2D eigenvalue weighted by Crippen LogP contribution is 2.36. The molecule has 0 radical (unpaired) electrons. The van der Waals surface area contributed by atoms with Crippen molar-refractivity contribution in [1.82, 2.24) is 59.8 Å². The number of benzene rings is 10. The molecule has 18 aromatic rings. The van der Waals surface area contributed by atoms with E-state index in [0.29, 0.717) is 52.0 Å². The highest BCUT2D eigenvalue weighted by Gasteiger charge is 2.18. The van der Waals surface area contributed by atoms with Crippen LogP contribution < -0.4 is 0 Å². The number of hydrogen-bond donors (Lipinski definition) is 0. The summed E-state index contributed by atoms with van der Waals surface area (Å²) in [7, 11) is 0. The van der Waals surface area contributed by atoms with Crippen LogP contribution in [0.1, 0.15) is 5.56 Å². The van der Waals surface area contributed by atoms with E-state index < -0.39 is 5.82 Å². The molecule has 8 heterocycles. The van der Waals surface area contributed by atoms with Gasteiger partial charge in [0, 0.05) is 63.1 Å². The molecule has 12 nitrogen and oxygen atoms in total. The first kappa shape index (κ1) is 68.2. The van der Waals surface area contributed by atoms with Gasteiger partial charge in [-0.15, -0.1) is 0 Å². The SMILES string of the molecule is Cc1ccc(-c2cc(-c3ccccc3)cc(-c3ccc(-c4ccc(-c5ccc(-c6nc(-c7ccccc7)nc(-c7ccccc7)n6)cc5)cc4)cn3)n2)nc1.Fc1ccc(-c2cc(-c3ccccc3)cc(-c3ccc(-c4ccc(-c5ccc(-c6nc(-c7ccccc7)nc(-c7ccccc7)n6)cc5)cc4)cn3)n2)nc1. The Morgan fingerprint density at radius 1 is 0.164 bits per heavy atom. The van der Waals surface area contributed by atoms with Crippen molar-refractivity contribution in [1.29, 1.82) is 0 Å². The van der Waals surface area contributed by atoms with Gasteiger partial charge in [0.2, 0.25) is 0 Å². The Morgan fingerprint density at radius 2 is 0.373 bits per heavy atom. The van der Waals surface area contributed by atoms with Gasteiger partial charge in [-0.25, -0.2) is 44.3 Å². The molecule has 18 rings (SSSR count). The zero-order chi connectivity index (χ0) is 74.0. The van der Waals surface area contributed by atoms with Gasteiger partial charge in [0.25, 0.3) is 0 Å². The second kappa shape index (κ2) is 31.4. The number of pyridine rings is 6. The van der Waals surface area contributed by atoms with Gasteiger partial charge in [-0.1, -0.05) is 297 Å². The lowest BCUT2D eigenvalue weighted by atomic mass is 9.99. The molecule has 10 aromatic carbocycles. The monoisotopic (exact) mass is 1420 g/mol. The molecule has 0 atom stereocenters. The van der Waals surface area contributed by atoms with Gasteiger partial charge in [-0.05, 0) is 123 Å². The molecule has 0 spiro atoms. The maximum atomic E-state index is 13.7. The second-order valence-corrected chi connectivity index (χ2v) is 26.3. The fourth-order valence-electron chi connectivity index (χ4n) is 13.0. The van der Waals surface area contributed by atoms with Crippen molar-refractivity contribution in [3.05, 3.63) is 388 Å². The van der Waals surface area contributed by atoms with Crippen LogP contribution in [0.3, 0.4) is 0 Å². The van der Waals surface area contributed by atoms with Crippen LogP contribution in [0.25, 0.3) is 181 Å². The van der Waals surface area contributed by atoms with Crippen LogP contribution in [0, 0.1) is 12.7 Å². The van der Waals surface area contributed by atoms with Crippen molar-refractivity contribution in [3.63, 3.8) is 0 Å². The van der Waals surface area contributed by atoms with E-state index in [1.54, 1.807) is 6.07 Å². The van der Waals surface area contributed by atoms with Crippen LogP contribution in [0.5, 0.6) is 0 Å². The summed E-state index contributed by atoms with van der Waals surface area (Å²) in [5, 5.41) is 0. The highest BCUT2D eigenvalue weighted by molar-refractivity contribution is 5.80. The molecular weight excluding hydrogens is 1350 g/mol. The summed E-state index contributed by atoms with van der Waals surface area (Å²) in [6, 6.07) is 118. The fourth-order valence-corrected chi connectivity index (χ4v) is 13.0. The maximum Gasteiger partial charge on any atom is 0.164 e. The van der Waals surface area contributed by atoms with Gasteiger partial charge in [0.15, 0.2) is 34.9 Å². The van der Waals surface area contributed by atoms with E-state index in [9.17, 15) is 4.39 Å². The van der Waals surface area contributed by atoms with E-state index in [0.717, 1.165) is 134 Å². The summed E-state index contributed by atoms with van der Waals surface area (Å²) in [4.78, 5) is 57.6. The third-order valence-corrected chi connectivity index (χ3v) is 18.9. The van der Waals surface area contributed by atoms with E-state index in [-0.39, 0.29) is 0 Å². The van der Waals surface area contributed by atoms with Crippen LogP contribution in [0.15, 0.2) is 377 Å². The molecule has 8 aromatic heterocycles. The number of aryl methyl sites for hydroxylation is 1. The number of halogens is 1. The molecule has 0 unspecified atom stereocenters. The average molecular weight is 1420 g/mol. The van der Waals surface area contributed by atoms with Crippen LogP contribution in [-0.2, 0) is 0 Å².